The highest BCUT2D eigenvalue weighted by molar-refractivity contribution is 6.02. The fourth-order valence-corrected chi connectivity index (χ4v) is 2.08. The van der Waals surface area contributed by atoms with Crippen LogP contribution in [0.4, 0.5) is 0 Å². The third kappa shape index (κ3) is 4.56. The molecule has 2 aromatic rings. The largest absolute Gasteiger partial charge is 0.273 e. The Bertz CT molecular complexity index is 604. The van der Waals surface area contributed by atoms with E-state index in [1.165, 1.54) is 0 Å². The maximum absolute atomic E-state index is 12.0. The van der Waals surface area contributed by atoms with E-state index in [0.717, 1.165) is 16.8 Å². The van der Waals surface area contributed by atoms with Crippen LogP contribution in [-0.2, 0) is 11.2 Å². The number of amides is 1. The van der Waals surface area contributed by atoms with E-state index in [2.05, 4.69) is 24.4 Å². The average Bonchev–Trinajstić information content (AvgIpc) is 2.49. The van der Waals surface area contributed by atoms with Gasteiger partial charge in [0, 0.05) is 0 Å². The highest BCUT2D eigenvalue weighted by Gasteiger charge is 2.09. The summed E-state index contributed by atoms with van der Waals surface area (Å²) in [4.78, 5) is 12.0. The van der Waals surface area contributed by atoms with E-state index in [0.29, 0.717) is 6.42 Å². The van der Waals surface area contributed by atoms with Crippen LogP contribution in [0.1, 0.15) is 25.0 Å². The molecule has 0 aliphatic carbocycles. The van der Waals surface area contributed by atoms with Gasteiger partial charge in [-0.2, -0.15) is 5.10 Å². The Balaban J connectivity index is 2.05. The normalized spacial score (nSPS) is 11.5. The highest BCUT2D eigenvalue weighted by atomic mass is 16.2. The van der Waals surface area contributed by atoms with E-state index in [-0.39, 0.29) is 11.8 Å². The van der Waals surface area contributed by atoms with Crippen molar-refractivity contribution in [2.75, 3.05) is 0 Å². The summed E-state index contributed by atoms with van der Waals surface area (Å²) in [6.45, 7) is 4.13. The molecule has 0 atom stereocenters. The van der Waals surface area contributed by atoms with E-state index in [4.69, 9.17) is 0 Å². The Morgan fingerprint density at radius 2 is 1.57 bits per heavy atom. The van der Waals surface area contributed by atoms with Gasteiger partial charge in [0.25, 0.3) is 0 Å². The van der Waals surface area contributed by atoms with Gasteiger partial charge in [-0.25, -0.2) is 5.43 Å². The number of carbonyl (C=O) groups is 1. The zero-order valence-corrected chi connectivity index (χ0v) is 12.4. The summed E-state index contributed by atoms with van der Waals surface area (Å²) in [5.41, 5.74) is 5.56. The highest BCUT2D eigenvalue weighted by Crippen LogP contribution is 2.09. The maximum atomic E-state index is 12.0. The predicted octanol–water partition coefficient (Wildman–Crippen LogP) is 3.41. The summed E-state index contributed by atoms with van der Waals surface area (Å²) in [5, 5.41) is 4.31. The first kappa shape index (κ1) is 15.0. The van der Waals surface area contributed by atoms with Crippen molar-refractivity contribution < 1.29 is 4.79 Å². The van der Waals surface area contributed by atoms with Gasteiger partial charge < -0.3 is 0 Å². The fourth-order valence-electron chi connectivity index (χ4n) is 2.08. The number of nitrogens with zero attached hydrogens (tertiary/aromatic N) is 1. The molecule has 0 unspecified atom stereocenters. The Kier molecular flexibility index (Phi) is 5.27. The molecule has 0 bridgehead atoms. The first-order valence-electron chi connectivity index (χ1n) is 7.12. The lowest BCUT2D eigenvalue weighted by atomic mass is 10.0. The number of nitrogens with one attached hydrogen (secondary N) is 1. The van der Waals surface area contributed by atoms with E-state index < -0.39 is 0 Å². The smallest absolute Gasteiger partial charge is 0.244 e. The number of benzene rings is 2. The van der Waals surface area contributed by atoms with Crippen LogP contribution >= 0.6 is 0 Å². The molecule has 21 heavy (non-hydrogen) atoms. The second kappa shape index (κ2) is 7.39. The number of hydrogen-bond acceptors (Lipinski definition) is 2. The van der Waals surface area contributed by atoms with Crippen LogP contribution in [0.5, 0.6) is 0 Å². The summed E-state index contributed by atoms with van der Waals surface area (Å²) < 4.78 is 0. The molecule has 0 heterocycles. The molecule has 108 valence electrons. The van der Waals surface area contributed by atoms with Crippen LogP contribution in [0, 0.1) is 5.92 Å². The molecule has 2 rings (SSSR count). The van der Waals surface area contributed by atoms with Crippen molar-refractivity contribution in [1.29, 1.82) is 0 Å². The molecule has 0 aromatic heterocycles. The van der Waals surface area contributed by atoms with E-state index in [1.807, 2.05) is 60.7 Å². The van der Waals surface area contributed by atoms with Gasteiger partial charge in [0.2, 0.25) is 5.91 Å². The van der Waals surface area contributed by atoms with Gasteiger partial charge >= 0.3 is 0 Å². The van der Waals surface area contributed by atoms with Crippen LogP contribution in [0.25, 0.3) is 0 Å². The molecule has 1 N–H and O–H groups in total. The number of hydrogen-bond donors (Lipinski definition) is 1. The molecule has 1 amide bonds. The Hall–Kier alpha value is -2.42. The monoisotopic (exact) mass is 280 g/mol. The van der Waals surface area contributed by atoms with Gasteiger partial charge in [0.05, 0.1) is 12.1 Å². The SMILES string of the molecule is CC(C)C(=NNC(=O)Cc1ccccc1)c1ccccc1. The third-order valence-corrected chi connectivity index (χ3v) is 3.12. The molecule has 0 saturated heterocycles. The first-order valence-corrected chi connectivity index (χ1v) is 7.12. The predicted molar refractivity (Wildman–Crippen MR) is 86.1 cm³/mol. The van der Waals surface area contributed by atoms with Crippen molar-refractivity contribution in [3.63, 3.8) is 0 Å². The standard InChI is InChI=1S/C18H20N2O/c1-14(2)18(16-11-7-4-8-12-16)20-19-17(21)13-15-9-5-3-6-10-15/h3-12,14H,13H2,1-2H3,(H,19,21). The minimum absolute atomic E-state index is 0.102. The molecular weight excluding hydrogens is 260 g/mol. The van der Waals surface area contributed by atoms with Crippen molar-refractivity contribution in [3.8, 4) is 0 Å². The molecule has 0 fully saturated rings. The number of rotatable bonds is 5. The molecule has 3 heteroatoms. The van der Waals surface area contributed by atoms with Gasteiger partial charge in [-0.3, -0.25) is 4.79 Å². The minimum atomic E-state index is -0.102. The van der Waals surface area contributed by atoms with Gasteiger partial charge in [-0.05, 0) is 17.0 Å². The summed E-state index contributed by atoms with van der Waals surface area (Å²) in [5.74, 6) is 0.139. The van der Waals surface area contributed by atoms with Gasteiger partial charge in [0.15, 0.2) is 0 Å². The van der Waals surface area contributed by atoms with Crippen molar-refractivity contribution in [1.82, 2.24) is 5.43 Å². The van der Waals surface area contributed by atoms with Gasteiger partial charge in [-0.1, -0.05) is 74.5 Å². The van der Waals surface area contributed by atoms with Gasteiger partial charge in [-0.15, -0.1) is 0 Å². The lowest BCUT2D eigenvalue weighted by molar-refractivity contribution is -0.120. The summed E-state index contributed by atoms with van der Waals surface area (Å²) in [7, 11) is 0. The van der Waals surface area contributed by atoms with Crippen LogP contribution in [0.2, 0.25) is 0 Å². The molecule has 3 nitrogen and oxygen atoms in total. The lowest BCUT2D eigenvalue weighted by Gasteiger charge is -2.10. The van der Waals surface area contributed by atoms with Crippen LogP contribution in [0.3, 0.4) is 0 Å². The third-order valence-electron chi connectivity index (χ3n) is 3.12. The molecule has 0 saturated carbocycles. The second-order valence-electron chi connectivity index (χ2n) is 5.22. The van der Waals surface area contributed by atoms with Crippen molar-refractivity contribution >= 4 is 11.6 Å². The summed E-state index contributed by atoms with van der Waals surface area (Å²) in [6, 6.07) is 19.6. The first-order chi connectivity index (χ1) is 10.2. The van der Waals surface area contributed by atoms with E-state index >= 15 is 0 Å². The zero-order valence-electron chi connectivity index (χ0n) is 12.4. The fraction of sp³-hybridized carbons (Fsp3) is 0.222. The summed E-state index contributed by atoms with van der Waals surface area (Å²) >= 11 is 0. The van der Waals surface area contributed by atoms with Crippen molar-refractivity contribution in [2.45, 2.75) is 20.3 Å². The molecule has 0 radical (unpaired) electrons. The molecule has 0 spiro atoms. The molecule has 0 aliphatic rings. The Labute approximate surface area is 125 Å². The van der Waals surface area contributed by atoms with E-state index in [9.17, 15) is 4.79 Å². The maximum Gasteiger partial charge on any atom is 0.244 e. The quantitative estimate of drug-likeness (QED) is 0.662. The van der Waals surface area contributed by atoms with Crippen LogP contribution < -0.4 is 5.43 Å². The van der Waals surface area contributed by atoms with Crippen LogP contribution in [0.15, 0.2) is 65.8 Å². The average molecular weight is 280 g/mol. The van der Waals surface area contributed by atoms with Gasteiger partial charge in [0.1, 0.15) is 0 Å². The molecule has 0 aliphatic heterocycles. The lowest BCUT2D eigenvalue weighted by Crippen LogP contribution is -2.23. The topological polar surface area (TPSA) is 41.5 Å². The molecule has 2 aromatic carbocycles. The van der Waals surface area contributed by atoms with Crippen LogP contribution in [-0.4, -0.2) is 11.6 Å². The Morgan fingerprint density at radius 3 is 2.14 bits per heavy atom. The second-order valence-corrected chi connectivity index (χ2v) is 5.22. The number of hydrazone groups is 1. The summed E-state index contributed by atoms with van der Waals surface area (Å²) in [6.07, 6.45) is 0.338. The zero-order chi connectivity index (χ0) is 15.1. The van der Waals surface area contributed by atoms with Crippen molar-refractivity contribution in [3.05, 3.63) is 71.8 Å². The van der Waals surface area contributed by atoms with Crippen molar-refractivity contribution in [2.24, 2.45) is 11.0 Å². The Morgan fingerprint density at radius 1 is 1.00 bits per heavy atom. The minimum Gasteiger partial charge on any atom is -0.273 e. The number of carbonyl (C=O) groups excluding carboxylic acids is 1. The van der Waals surface area contributed by atoms with E-state index in [1.54, 1.807) is 0 Å². The molecular formula is C18H20N2O.